The fourth-order valence-electron chi connectivity index (χ4n) is 1.62. The molecule has 0 bridgehead atoms. The van der Waals surface area contributed by atoms with Crippen molar-refractivity contribution >= 4 is 34.6 Å². The number of hydrogen-bond donors (Lipinski definition) is 3. The summed E-state index contributed by atoms with van der Waals surface area (Å²) in [5.41, 5.74) is 0.340. The molecule has 0 atom stereocenters. The number of imidazole rings is 1. The Kier molecular flexibility index (Phi) is 2.92. The van der Waals surface area contributed by atoms with Gasteiger partial charge in [-0.3, -0.25) is 14.9 Å². The fraction of sp³-hybridized carbons (Fsp3) is 0. The van der Waals surface area contributed by atoms with E-state index >= 15 is 0 Å². The molecule has 3 heterocycles. The molecule has 9 heteroatoms. The Morgan fingerprint density at radius 1 is 1.35 bits per heavy atom. The van der Waals surface area contributed by atoms with Crippen molar-refractivity contribution in [3.63, 3.8) is 0 Å². The monoisotopic (exact) mass is 290 g/mol. The van der Waals surface area contributed by atoms with Gasteiger partial charge in [-0.05, 0) is 0 Å². The molecular formula is C11H7ClN6O2. The Labute approximate surface area is 116 Å². The van der Waals surface area contributed by atoms with Crippen molar-refractivity contribution in [2.75, 3.05) is 5.32 Å². The van der Waals surface area contributed by atoms with Crippen LogP contribution in [0.5, 0.6) is 0 Å². The molecular weight excluding hydrogens is 284 g/mol. The van der Waals surface area contributed by atoms with Crippen LogP contribution >= 0.6 is 11.6 Å². The van der Waals surface area contributed by atoms with Gasteiger partial charge in [0.25, 0.3) is 5.91 Å². The Bertz CT molecular complexity index is 855. The van der Waals surface area contributed by atoms with Gasteiger partial charge in [-0.25, -0.2) is 4.98 Å². The second kappa shape index (κ2) is 4.74. The van der Waals surface area contributed by atoms with Gasteiger partial charge in [-0.15, -0.1) is 0 Å². The molecule has 0 aliphatic carbocycles. The molecule has 0 saturated heterocycles. The molecule has 0 aromatic carbocycles. The maximum absolute atomic E-state index is 11.9. The summed E-state index contributed by atoms with van der Waals surface area (Å²) in [6.07, 6.45) is 4.15. The fourth-order valence-corrected chi connectivity index (χ4v) is 1.84. The van der Waals surface area contributed by atoms with Crippen molar-refractivity contribution in [3.05, 3.63) is 45.7 Å². The lowest BCUT2D eigenvalue weighted by Gasteiger charge is -2.03. The smallest absolute Gasteiger partial charge is 0.263 e. The topological polar surface area (TPSA) is 116 Å². The van der Waals surface area contributed by atoms with Crippen LogP contribution in [-0.4, -0.2) is 30.8 Å². The van der Waals surface area contributed by atoms with Gasteiger partial charge >= 0.3 is 0 Å². The van der Waals surface area contributed by atoms with E-state index in [-0.39, 0.29) is 16.7 Å². The Balaban J connectivity index is 1.95. The SMILES string of the molecule is O=C(Nc1nc(Cl)c2[nH]cnc2n1)c1c[nH]ccc1=O. The molecule has 0 radical (unpaired) electrons. The van der Waals surface area contributed by atoms with Crippen molar-refractivity contribution in [2.45, 2.75) is 0 Å². The molecule has 3 aromatic rings. The number of amides is 1. The van der Waals surface area contributed by atoms with Gasteiger partial charge in [0.1, 0.15) is 11.1 Å². The van der Waals surface area contributed by atoms with Crippen LogP contribution in [-0.2, 0) is 0 Å². The Morgan fingerprint density at radius 3 is 3.00 bits per heavy atom. The third-order valence-electron chi connectivity index (χ3n) is 2.54. The lowest BCUT2D eigenvalue weighted by atomic mass is 10.2. The zero-order valence-electron chi connectivity index (χ0n) is 9.85. The highest BCUT2D eigenvalue weighted by atomic mass is 35.5. The predicted octanol–water partition coefficient (Wildman–Crippen LogP) is 0.947. The number of nitrogens with zero attached hydrogens (tertiary/aromatic N) is 3. The van der Waals surface area contributed by atoms with Crippen molar-refractivity contribution in [1.29, 1.82) is 0 Å². The summed E-state index contributed by atoms with van der Waals surface area (Å²) in [6.45, 7) is 0. The molecule has 0 saturated carbocycles. The minimum Gasteiger partial charge on any atom is -0.367 e. The first-order valence-electron chi connectivity index (χ1n) is 5.50. The number of anilines is 1. The highest BCUT2D eigenvalue weighted by Crippen LogP contribution is 2.18. The minimum atomic E-state index is -0.627. The normalized spacial score (nSPS) is 10.7. The molecule has 0 aliphatic rings. The Hall–Kier alpha value is -2.74. The van der Waals surface area contributed by atoms with E-state index in [1.807, 2.05) is 0 Å². The molecule has 0 unspecified atom stereocenters. The highest BCUT2D eigenvalue weighted by Gasteiger charge is 2.13. The molecule has 100 valence electrons. The molecule has 3 N–H and O–H groups in total. The molecule has 3 rings (SSSR count). The number of rotatable bonds is 2. The first-order valence-corrected chi connectivity index (χ1v) is 5.88. The van der Waals surface area contributed by atoms with E-state index < -0.39 is 11.3 Å². The summed E-state index contributed by atoms with van der Waals surface area (Å²) in [5, 5.41) is 2.53. The van der Waals surface area contributed by atoms with Crippen molar-refractivity contribution in [3.8, 4) is 0 Å². The molecule has 0 aliphatic heterocycles. The van der Waals surface area contributed by atoms with E-state index in [2.05, 4.69) is 30.2 Å². The third kappa shape index (κ3) is 2.12. The molecule has 0 spiro atoms. The van der Waals surface area contributed by atoms with Gasteiger partial charge in [0, 0.05) is 18.5 Å². The van der Waals surface area contributed by atoms with Crippen LogP contribution in [0.25, 0.3) is 11.2 Å². The van der Waals surface area contributed by atoms with Crippen molar-refractivity contribution in [1.82, 2.24) is 24.9 Å². The number of halogens is 1. The average Bonchev–Trinajstić information content (AvgIpc) is 2.88. The minimum absolute atomic E-state index is 0.0251. The van der Waals surface area contributed by atoms with Gasteiger partial charge in [0.2, 0.25) is 5.95 Å². The number of aromatic nitrogens is 5. The van der Waals surface area contributed by atoms with E-state index in [1.165, 1.54) is 24.8 Å². The van der Waals surface area contributed by atoms with Crippen LogP contribution in [0.1, 0.15) is 10.4 Å². The van der Waals surface area contributed by atoms with Crippen LogP contribution in [0, 0.1) is 0 Å². The summed E-state index contributed by atoms with van der Waals surface area (Å²) in [6, 6.07) is 1.25. The van der Waals surface area contributed by atoms with E-state index in [9.17, 15) is 9.59 Å². The maximum atomic E-state index is 11.9. The summed E-state index contributed by atoms with van der Waals surface area (Å²) < 4.78 is 0. The summed E-state index contributed by atoms with van der Waals surface area (Å²) in [5.74, 6) is -0.652. The molecule has 20 heavy (non-hydrogen) atoms. The predicted molar refractivity (Wildman–Crippen MR) is 71.7 cm³/mol. The largest absolute Gasteiger partial charge is 0.367 e. The van der Waals surface area contributed by atoms with Crippen LogP contribution in [0.2, 0.25) is 5.15 Å². The average molecular weight is 291 g/mol. The highest BCUT2D eigenvalue weighted by molar-refractivity contribution is 6.33. The maximum Gasteiger partial charge on any atom is 0.263 e. The van der Waals surface area contributed by atoms with Crippen molar-refractivity contribution in [2.24, 2.45) is 0 Å². The summed E-state index contributed by atoms with van der Waals surface area (Å²) >= 11 is 5.92. The Morgan fingerprint density at radius 2 is 2.20 bits per heavy atom. The first-order chi connectivity index (χ1) is 9.65. The van der Waals surface area contributed by atoms with Gasteiger partial charge in [0.15, 0.2) is 16.2 Å². The van der Waals surface area contributed by atoms with Gasteiger partial charge in [-0.2, -0.15) is 9.97 Å². The zero-order valence-corrected chi connectivity index (χ0v) is 10.6. The standard InChI is InChI=1S/C11H7ClN6O2/c12-8-7-9(15-4-14-7)17-11(16-8)18-10(20)5-3-13-2-1-6(5)19/h1-4H,(H,13,19)(H2,14,15,16,17,18,20). The van der Waals surface area contributed by atoms with Crippen LogP contribution in [0.3, 0.4) is 0 Å². The molecule has 0 fully saturated rings. The van der Waals surface area contributed by atoms with E-state index in [0.29, 0.717) is 11.2 Å². The lowest BCUT2D eigenvalue weighted by molar-refractivity contribution is 0.102. The number of nitrogens with one attached hydrogen (secondary N) is 3. The third-order valence-corrected chi connectivity index (χ3v) is 2.81. The van der Waals surface area contributed by atoms with E-state index in [4.69, 9.17) is 11.6 Å². The number of hydrogen-bond acceptors (Lipinski definition) is 5. The number of aromatic amines is 2. The second-order valence-corrected chi connectivity index (χ2v) is 4.17. The van der Waals surface area contributed by atoms with Crippen molar-refractivity contribution < 1.29 is 4.79 Å². The number of fused-ring (bicyclic) bond motifs is 1. The van der Waals surface area contributed by atoms with E-state index in [1.54, 1.807) is 0 Å². The number of carbonyl (C=O) groups excluding carboxylic acids is 1. The van der Waals surface area contributed by atoms with E-state index in [0.717, 1.165) is 0 Å². The first kappa shape index (κ1) is 12.3. The molecule has 8 nitrogen and oxygen atoms in total. The quantitative estimate of drug-likeness (QED) is 0.607. The lowest BCUT2D eigenvalue weighted by Crippen LogP contribution is -2.22. The number of pyridine rings is 1. The second-order valence-electron chi connectivity index (χ2n) is 3.82. The number of H-pyrrole nitrogens is 2. The number of carbonyl (C=O) groups is 1. The molecule has 1 amide bonds. The van der Waals surface area contributed by atoms with Crippen LogP contribution in [0.15, 0.2) is 29.6 Å². The molecule has 3 aromatic heterocycles. The zero-order chi connectivity index (χ0) is 14.1. The summed E-state index contributed by atoms with van der Waals surface area (Å²) in [4.78, 5) is 40.7. The van der Waals surface area contributed by atoms with Gasteiger partial charge in [-0.1, -0.05) is 11.6 Å². The van der Waals surface area contributed by atoms with Gasteiger partial charge < -0.3 is 9.97 Å². The van der Waals surface area contributed by atoms with Crippen LogP contribution in [0.4, 0.5) is 5.95 Å². The van der Waals surface area contributed by atoms with Gasteiger partial charge in [0.05, 0.1) is 6.33 Å². The summed E-state index contributed by atoms with van der Waals surface area (Å²) in [7, 11) is 0. The van der Waals surface area contributed by atoms with Crippen LogP contribution < -0.4 is 10.7 Å².